The van der Waals surface area contributed by atoms with Crippen LogP contribution in [0.25, 0.3) is 0 Å². The topological polar surface area (TPSA) is 36.4 Å². The second kappa shape index (κ2) is 7.12. The highest BCUT2D eigenvalue weighted by Crippen LogP contribution is 2.33. The number of likely N-dealkylation sites (tertiary alicyclic amines) is 1. The summed E-state index contributed by atoms with van der Waals surface area (Å²) in [4.78, 5) is 6.97. The minimum Gasteiger partial charge on any atom is -0.379 e. The highest BCUT2D eigenvalue weighted by Gasteiger charge is 2.33. The molecule has 0 radical (unpaired) electrons. The Kier molecular flexibility index (Phi) is 5.14. The average molecular weight is 375 g/mol. The van der Waals surface area contributed by atoms with Crippen LogP contribution in [0.4, 0.5) is 0 Å². The van der Waals surface area contributed by atoms with E-state index in [-0.39, 0.29) is 0 Å². The monoisotopic (exact) mass is 374 g/mol. The molecule has 1 aliphatic heterocycles. The van der Waals surface area contributed by atoms with Crippen molar-refractivity contribution < 1.29 is 5.11 Å². The summed E-state index contributed by atoms with van der Waals surface area (Å²) < 4.78 is 0.752. The second-order valence-electron chi connectivity index (χ2n) is 6.37. The number of rotatable bonds is 5. The van der Waals surface area contributed by atoms with E-state index in [0.717, 1.165) is 29.8 Å². The molecule has 0 spiro atoms. The Hall–Kier alpha value is -1.23. The number of pyridine rings is 1. The van der Waals surface area contributed by atoms with Crippen LogP contribution in [-0.4, -0.2) is 34.6 Å². The first-order valence-corrected chi connectivity index (χ1v) is 9.02. The molecule has 0 bridgehead atoms. The molecular weight excluding hydrogens is 352 g/mol. The number of hydrogen-bond acceptors (Lipinski definition) is 3. The van der Waals surface area contributed by atoms with Crippen molar-refractivity contribution >= 4 is 15.9 Å². The van der Waals surface area contributed by atoms with Crippen molar-refractivity contribution in [2.24, 2.45) is 0 Å². The van der Waals surface area contributed by atoms with Gasteiger partial charge >= 0.3 is 0 Å². The molecule has 3 rings (SSSR count). The van der Waals surface area contributed by atoms with E-state index in [0.29, 0.717) is 12.1 Å². The zero-order chi connectivity index (χ0) is 16.3. The molecule has 0 aliphatic carbocycles. The fourth-order valence-electron chi connectivity index (χ4n) is 3.21. The first kappa shape index (κ1) is 16.6. The minimum atomic E-state index is -1.06. The van der Waals surface area contributed by atoms with Crippen molar-refractivity contribution in [3.05, 3.63) is 63.9 Å². The fourth-order valence-corrected chi connectivity index (χ4v) is 3.56. The van der Waals surface area contributed by atoms with Crippen LogP contribution in [0, 0.1) is 6.92 Å². The van der Waals surface area contributed by atoms with Gasteiger partial charge < -0.3 is 10.0 Å². The number of nitrogens with zero attached hydrogens (tertiary/aromatic N) is 2. The quantitative estimate of drug-likeness (QED) is 0.806. The zero-order valence-electron chi connectivity index (χ0n) is 13.5. The summed E-state index contributed by atoms with van der Waals surface area (Å²) in [6.07, 6.45) is 3.18. The van der Waals surface area contributed by atoms with E-state index >= 15 is 0 Å². The van der Waals surface area contributed by atoms with Gasteiger partial charge in [-0.25, -0.2) is 4.98 Å². The van der Waals surface area contributed by atoms with Crippen molar-refractivity contribution in [1.29, 1.82) is 0 Å². The Morgan fingerprint density at radius 3 is 2.48 bits per heavy atom. The minimum absolute atomic E-state index is 0.652. The van der Waals surface area contributed by atoms with Crippen molar-refractivity contribution in [2.75, 3.05) is 19.6 Å². The molecule has 3 nitrogen and oxygen atoms in total. The summed E-state index contributed by atoms with van der Waals surface area (Å²) in [5, 5.41) is 11.5. The van der Waals surface area contributed by atoms with Crippen LogP contribution in [0.1, 0.15) is 36.1 Å². The van der Waals surface area contributed by atoms with Crippen LogP contribution < -0.4 is 0 Å². The van der Waals surface area contributed by atoms with Crippen LogP contribution in [0.15, 0.2) is 47.1 Å². The van der Waals surface area contributed by atoms with Gasteiger partial charge in [0.05, 0.1) is 5.69 Å². The van der Waals surface area contributed by atoms with E-state index in [1.807, 2.05) is 42.5 Å². The molecule has 122 valence electrons. The molecule has 23 heavy (non-hydrogen) atoms. The molecule has 0 saturated carbocycles. The zero-order valence-corrected chi connectivity index (χ0v) is 15.1. The summed E-state index contributed by atoms with van der Waals surface area (Å²) in [5.41, 5.74) is 1.75. The maximum Gasteiger partial charge on any atom is 0.133 e. The Balaban J connectivity index is 1.92. The Bertz CT molecular complexity index is 653. The third-order valence-electron chi connectivity index (χ3n) is 4.66. The number of aromatic nitrogens is 1. The van der Waals surface area contributed by atoms with Crippen molar-refractivity contribution in [2.45, 2.75) is 31.8 Å². The largest absolute Gasteiger partial charge is 0.379 e. The number of halogens is 1. The molecule has 1 saturated heterocycles. The molecule has 1 aromatic carbocycles. The average Bonchev–Trinajstić information content (AvgIpc) is 3.07. The molecular formula is C19H23BrN2O. The maximum atomic E-state index is 11.5. The highest BCUT2D eigenvalue weighted by molar-refractivity contribution is 9.10. The molecule has 1 atom stereocenters. The van der Waals surface area contributed by atoms with Crippen LogP contribution in [0.5, 0.6) is 0 Å². The number of benzene rings is 1. The lowest BCUT2D eigenvalue weighted by atomic mass is 9.86. The van der Waals surface area contributed by atoms with E-state index in [1.54, 1.807) is 0 Å². The molecule has 2 aromatic rings. The maximum absolute atomic E-state index is 11.5. The van der Waals surface area contributed by atoms with Crippen molar-refractivity contribution in [3.8, 4) is 0 Å². The predicted octanol–water partition coefficient (Wildman–Crippen LogP) is 3.87. The predicted molar refractivity (Wildman–Crippen MR) is 96.4 cm³/mol. The number of aryl methyl sites for hydroxylation is 1. The Morgan fingerprint density at radius 2 is 1.83 bits per heavy atom. The van der Waals surface area contributed by atoms with Crippen LogP contribution in [0.2, 0.25) is 0 Å². The number of aliphatic hydroxyl groups is 1. The summed E-state index contributed by atoms with van der Waals surface area (Å²) in [7, 11) is 0. The number of hydrogen-bond donors (Lipinski definition) is 1. The van der Waals surface area contributed by atoms with E-state index in [1.165, 1.54) is 18.4 Å². The second-order valence-corrected chi connectivity index (χ2v) is 7.18. The lowest BCUT2D eigenvalue weighted by Crippen LogP contribution is -2.34. The molecule has 1 aromatic heterocycles. The lowest BCUT2D eigenvalue weighted by Gasteiger charge is -2.30. The molecule has 1 aliphatic rings. The molecule has 4 heteroatoms. The SMILES string of the molecule is Cc1ccc(C(O)(CCN2CCCC2)c2cccc(Br)n2)cc1. The van der Waals surface area contributed by atoms with Crippen molar-refractivity contribution in [1.82, 2.24) is 9.88 Å². The summed E-state index contributed by atoms with van der Waals surface area (Å²) >= 11 is 3.42. The summed E-state index contributed by atoms with van der Waals surface area (Å²) in [6.45, 7) is 5.22. The van der Waals surface area contributed by atoms with Gasteiger partial charge in [0.1, 0.15) is 10.2 Å². The van der Waals surface area contributed by atoms with Crippen LogP contribution in [-0.2, 0) is 5.60 Å². The standard InChI is InChI=1S/C19H23BrN2O/c1-15-7-9-16(10-8-15)19(23,11-14-22-12-2-3-13-22)17-5-4-6-18(20)21-17/h4-10,23H,2-3,11-14H2,1H3. The van der Waals surface area contributed by atoms with Crippen LogP contribution in [0.3, 0.4) is 0 Å². The van der Waals surface area contributed by atoms with Gasteiger partial charge in [0.15, 0.2) is 0 Å². The smallest absolute Gasteiger partial charge is 0.133 e. The van der Waals surface area contributed by atoms with Gasteiger partial charge in [-0.05, 0) is 72.9 Å². The highest BCUT2D eigenvalue weighted by atomic mass is 79.9. The van der Waals surface area contributed by atoms with E-state index in [9.17, 15) is 5.11 Å². The van der Waals surface area contributed by atoms with Gasteiger partial charge in [0.2, 0.25) is 0 Å². The summed E-state index contributed by atoms with van der Waals surface area (Å²) in [5.74, 6) is 0. The first-order chi connectivity index (χ1) is 11.1. The Morgan fingerprint density at radius 1 is 1.13 bits per heavy atom. The molecule has 1 fully saturated rings. The van der Waals surface area contributed by atoms with E-state index in [4.69, 9.17) is 0 Å². The van der Waals surface area contributed by atoms with Gasteiger partial charge in [-0.15, -0.1) is 0 Å². The van der Waals surface area contributed by atoms with Gasteiger partial charge in [0, 0.05) is 6.54 Å². The molecule has 1 unspecified atom stereocenters. The van der Waals surface area contributed by atoms with Gasteiger partial charge in [0.25, 0.3) is 0 Å². The Labute approximate surface area is 146 Å². The van der Waals surface area contributed by atoms with E-state index < -0.39 is 5.60 Å². The van der Waals surface area contributed by atoms with Gasteiger partial charge in [-0.2, -0.15) is 0 Å². The first-order valence-electron chi connectivity index (χ1n) is 8.23. The van der Waals surface area contributed by atoms with Gasteiger partial charge in [-0.1, -0.05) is 35.9 Å². The summed E-state index contributed by atoms with van der Waals surface area (Å²) in [6, 6.07) is 13.9. The third kappa shape index (κ3) is 3.82. The normalized spacial score (nSPS) is 18.0. The van der Waals surface area contributed by atoms with E-state index in [2.05, 4.69) is 32.7 Å². The third-order valence-corrected chi connectivity index (χ3v) is 5.10. The molecule has 2 heterocycles. The van der Waals surface area contributed by atoms with Crippen molar-refractivity contribution in [3.63, 3.8) is 0 Å². The molecule has 0 amide bonds. The van der Waals surface area contributed by atoms with Crippen LogP contribution >= 0.6 is 15.9 Å². The van der Waals surface area contributed by atoms with Gasteiger partial charge in [-0.3, -0.25) is 0 Å². The molecule has 1 N–H and O–H groups in total. The fraction of sp³-hybridized carbons (Fsp3) is 0.421. The lowest BCUT2D eigenvalue weighted by molar-refractivity contribution is 0.0558.